The number of esters is 1. The first kappa shape index (κ1) is 23.1. The highest BCUT2D eigenvalue weighted by atomic mass is 16.5. The Bertz CT molecular complexity index is 1240. The summed E-state index contributed by atoms with van der Waals surface area (Å²) < 4.78 is 10.4. The fourth-order valence-electron chi connectivity index (χ4n) is 4.83. The van der Waals surface area contributed by atoms with E-state index in [1.165, 1.54) is 13.2 Å². The van der Waals surface area contributed by atoms with Gasteiger partial charge in [0.05, 0.1) is 30.7 Å². The SMILES string of the molecule is CCOC(=O)c1cc(OC)nc(-c2nc3nc(N4CCC[C@@H](C(=O)N5CCCC5)C4)ccc3[nH]2)c1. The van der Waals surface area contributed by atoms with Gasteiger partial charge >= 0.3 is 5.97 Å². The minimum absolute atomic E-state index is 0.0105. The number of H-pyrrole nitrogens is 1. The molecule has 0 spiro atoms. The van der Waals surface area contributed by atoms with Crippen LogP contribution in [0.3, 0.4) is 0 Å². The Kier molecular flexibility index (Phi) is 6.52. The Labute approximate surface area is 203 Å². The van der Waals surface area contributed by atoms with Crippen molar-refractivity contribution in [2.75, 3.05) is 44.8 Å². The van der Waals surface area contributed by atoms with Crippen molar-refractivity contribution in [2.24, 2.45) is 5.92 Å². The van der Waals surface area contributed by atoms with E-state index in [-0.39, 0.29) is 18.4 Å². The molecular weight excluding hydrogens is 448 g/mol. The van der Waals surface area contributed by atoms with Gasteiger partial charge in [-0.2, -0.15) is 0 Å². The lowest BCUT2D eigenvalue weighted by atomic mass is 9.96. The third kappa shape index (κ3) is 4.78. The van der Waals surface area contributed by atoms with Gasteiger partial charge in [-0.3, -0.25) is 4.79 Å². The first-order chi connectivity index (χ1) is 17.1. The Hall–Kier alpha value is -3.69. The molecular formula is C25H30N6O4. The monoisotopic (exact) mass is 478 g/mol. The molecule has 5 heterocycles. The van der Waals surface area contributed by atoms with Crippen LogP contribution < -0.4 is 9.64 Å². The predicted molar refractivity (Wildman–Crippen MR) is 130 cm³/mol. The van der Waals surface area contributed by atoms with Gasteiger partial charge in [0.1, 0.15) is 11.5 Å². The number of fused-ring (bicyclic) bond motifs is 1. The molecule has 2 aliphatic heterocycles. The number of pyridine rings is 2. The number of hydrogen-bond acceptors (Lipinski definition) is 8. The fourth-order valence-corrected chi connectivity index (χ4v) is 4.83. The van der Waals surface area contributed by atoms with E-state index in [1.54, 1.807) is 13.0 Å². The van der Waals surface area contributed by atoms with E-state index < -0.39 is 5.97 Å². The average Bonchev–Trinajstić information content (AvgIpc) is 3.58. The molecule has 0 saturated carbocycles. The molecule has 0 aromatic carbocycles. The topological polar surface area (TPSA) is 114 Å². The number of rotatable bonds is 6. The molecule has 2 aliphatic rings. The highest BCUT2D eigenvalue weighted by Gasteiger charge is 2.31. The Morgan fingerprint density at radius 3 is 2.69 bits per heavy atom. The number of carbonyl (C=O) groups excluding carboxylic acids is 2. The number of aromatic amines is 1. The highest BCUT2D eigenvalue weighted by molar-refractivity contribution is 5.91. The molecule has 0 aliphatic carbocycles. The Morgan fingerprint density at radius 2 is 1.91 bits per heavy atom. The molecule has 0 radical (unpaired) electrons. The number of imidazole rings is 1. The fraction of sp³-hybridized carbons (Fsp3) is 0.480. The number of anilines is 1. The van der Waals surface area contributed by atoms with Gasteiger partial charge in [0.2, 0.25) is 11.8 Å². The summed E-state index contributed by atoms with van der Waals surface area (Å²) in [4.78, 5) is 46.5. The van der Waals surface area contributed by atoms with Crippen molar-refractivity contribution in [3.8, 4) is 17.4 Å². The van der Waals surface area contributed by atoms with E-state index in [1.807, 2.05) is 17.0 Å². The van der Waals surface area contributed by atoms with E-state index in [2.05, 4.69) is 19.9 Å². The van der Waals surface area contributed by atoms with Crippen LogP contribution in [0, 0.1) is 5.92 Å². The minimum atomic E-state index is -0.450. The molecule has 1 amide bonds. The van der Waals surface area contributed by atoms with Crippen LogP contribution in [-0.2, 0) is 9.53 Å². The molecule has 2 saturated heterocycles. The summed E-state index contributed by atoms with van der Waals surface area (Å²) in [5, 5.41) is 0. The number of amides is 1. The van der Waals surface area contributed by atoms with E-state index in [0.717, 1.165) is 56.7 Å². The van der Waals surface area contributed by atoms with Gasteiger partial charge < -0.3 is 24.3 Å². The summed E-state index contributed by atoms with van der Waals surface area (Å²) in [6.45, 7) is 5.33. The minimum Gasteiger partial charge on any atom is -0.481 e. The largest absolute Gasteiger partial charge is 0.481 e. The molecule has 10 nitrogen and oxygen atoms in total. The lowest BCUT2D eigenvalue weighted by Crippen LogP contribution is -2.44. The van der Waals surface area contributed by atoms with Crippen molar-refractivity contribution in [1.82, 2.24) is 24.8 Å². The van der Waals surface area contributed by atoms with Crippen LogP contribution >= 0.6 is 0 Å². The second-order valence-corrected chi connectivity index (χ2v) is 8.95. The second-order valence-electron chi connectivity index (χ2n) is 8.95. The maximum atomic E-state index is 12.9. The number of hydrogen-bond donors (Lipinski definition) is 1. The zero-order valence-corrected chi connectivity index (χ0v) is 20.1. The lowest BCUT2D eigenvalue weighted by Gasteiger charge is -2.34. The normalized spacial score (nSPS) is 18.2. The molecule has 0 unspecified atom stereocenters. The molecule has 35 heavy (non-hydrogen) atoms. The van der Waals surface area contributed by atoms with E-state index >= 15 is 0 Å². The van der Waals surface area contributed by atoms with Crippen LogP contribution in [-0.4, -0.2) is 76.6 Å². The van der Waals surface area contributed by atoms with Crippen LogP contribution in [0.25, 0.3) is 22.7 Å². The number of ether oxygens (including phenoxy) is 2. The zero-order chi connectivity index (χ0) is 24.4. The molecule has 3 aromatic rings. The molecule has 0 bridgehead atoms. The third-order valence-corrected chi connectivity index (χ3v) is 6.61. The van der Waals surface area contributed by atoms with Crippen molar-refractivity contribution in [1.29, 1.82) is 0 Å². The summed E-state index contributed by atoms with van der Waals surface area (Å²) >= 11 is 0. The van der Waals surface area contributed by atoms with Gasteiger partial charge in [0.25, 0.3) is 0 Å². The summed E-state index contributed by atoms with van der Waals surface area (Å²) in [6.07, 6.45) is 4.09. The van der Waals surface area contributed by atoms with Crippen LogP contribution in [0.1, 0.15) is 43.0 Å². The van der Waals surface area contributed by atoms with Gasteiger partial charge in [0.15, 0.2) is 11.5 Å². The number of piperidine rings is 1. The average molecular weight is 479 g/mol. The molecule has 184 valence electrons. The van der Waals surface area contributed by atoms with Crippen LogP contribution in [0.4, 0.5) is 5.82 Å². The summed E-state index contributed by atoms with van der Waals surface area (Å²) in [5.41, 5.74) is 2.10. The Morgan fingerprint density at radius 1 is 1.09 bits per heavy atom. The summed E-state index contributed by atoms with van der Waals surface area (Å²) in [7, 11) is 1.49. The van der Waals surface area contributed by atoms with Crippen LogP contribution in [0.15, 0.2) is 24.3 Å². The van der Waals surface area contributed by atoms with Crippen molar-refractivity contribution in [3.63, 3.8) is 0 Å². The van der Waals surface area contributed by atoms with Crippen molar-refractivity contribution >= 4 is 28.9 Å². The Balaban J connectivity index is 1.39. The van der Waals surface area contributed by atoms with Gasteiger partial charge in [-0.25, -0.2) is 19.7 Å². The maximum absolute atomic E-state index is 12.9. The van der Waals surface area contributed by atoms with Gasteiger partial charge in [0, 0.05) is 32.2 Å². The van der Waals surface area contributed by atoms with Crippen LogP contribution in [0.2, 0.25) is 0 Å². The number of methoxy groups -OCH3 is 1. The van der Waals surface area contributed by atoms with Gasteiger partial charge in [-0.1, -0.05) is 0 Å². The molecule has 5 rings (SSSR count). The molecule has 2 fully saturated rings. The number of nitrogens with zero attached hydrogens (tertiary/aromatic N) is 5. The molecule has 10 heteroatoms. The zero-order valence-electron chi connectivity index (χ0n) is 20.1. The van der Waals surface area contributed by atoms with Crippen LogP contribution in [0.5, 0.6) is 5.88 Å². The van der Waals surface area contributed by atoms with Crippen molar-refractivity contribution in [2.45, 2.75) is 32.6 Å². The quantitative estimate of drug-likeness (QED) is 0.538. The van der Waals surface area contributed by atoms with E-state index in [4.69, 9.17) is 14.5 Å². The van der Waals surface area contributed by atoms with Gasteiger partial charge in [-0.05, 0) is 50.8 Å². The maximum Gasteiger partial charge on any atom is 0.338 e. The van der Waals surface area contributed by atoms with Crippen molar-refractivity contribution in [3.05, 3.63) is 29.8 Å². The summed E-state index contributed by atoms with van der Waals surface area (Å²) in [5.74, 6) is 1.42. The molecule has 1 atom stereocenters. The number of aromatic nitrogens is 4. The number of likely N-dealkylation sites (tertiary alicyclic amines) is 1. The smallest absolute Gasteiger partial charge is 0.338 e. The first-order valence-electron chi connectivity index (χ1n) is 12.2. The van der Waals surface area contributed by atoms with Gasteiger partial charge in [-0.15, -0.1) is 0 Å². The highest BCUT2D eigenvalue weighted by Crippen LogP contribution is 2.27. The molecule has 1 N–H and O–H groups in total. The third-order valence-electron chi connectivity index (χ3n) is 6.61. The summed E-state index contributed by atoms with van der Waals surface area (Å²) in [6, 6.07) is 7.05. The second kappa shape index (κ2) is 9.89. The van der Waals surface area contributed by atoms with E-state index in [9.17, 15) is 9.59 Å². The first-order valence-corrected chi connectivity index (χ1v) is 12.2. The standard InChI is InChI=1S/C25H30N6O4/c1-3-35-25(33)17-13-19(26-21(14-17)34-2)23-27-18-8-9-20(28-22(18)29-23)31-12-6-7-16(15-31)24(32)30-10-4-5-11-30/h8-9,13-14,16H,3-7,10-12,15H2,1-2H3,(H,27,28,29)/t16-/m1/s1. The predicted octanol–water partition coefficient (Wildman–Crippen LogP) is 3.04. The van der Waals surface area contributed by atoms with Crippen molar-refractivity contribution < 1.29 is 19.1 Å². The number of nitrogens with one attached hydrogen (secondary N) is 1. The van der Waals surface area contributed by atoms with E-state index in [0.29, 0.717) is 35.2 Å². The molecule has 3 aromatic heterocycles. The lowest BCUT2D eigenvalue weighted by molar-refractivity contribution is -0.134. The number of carbonyl (C=O) groups is 2.